The highest BCUT2D eigenvalue weighted by molar-refractivity contribution is 5.95. The number of hydrogen-bond donors (Lipinski definition) is 0. The second-order valence-electron chi connectivity index (χ2n) is 3.51. The van der Waals surface area contributed by atoms with Crippen molar-refractivity contribution in [3.05, 3.63) is 36.2 Å². The molecular weight excluding hydrogens is 188 g/mol. The molecule has 0 spiro atoms. The Morgan fingerprint density at radius 3 is 3.07 bits per heavy atom. The van der Waals surface area contributed by atoms with Crippen molar-refractivity contribution in [3.8, 4) is 0 Å². The molecule has 0 fully saturated rings. The Labute approximate surface area is 88.0 Å². The molecule has 3 nitrogen and oxygen atoms in total. The van der Waals surface area contributed by atoms with Gasteiger partial charge < -0.3 is 4.57 Å². The Morgan fingerprint density at radius 2 is 2.33 bits per heavy atom. The molecule has 2 aromatic rings. The summed E-state index contributed by atoms with van der Waals surface area (Å²) in [5, 5.41) is 1.07. The van der Waals surface area contributed by atoms with Crippen molar-refractivity contribution in [1.82, 2.24) is 9.55 Å². The minimum Gasteiger partial charge on any atom is -0.335 e. The van der Waals surface area contributed by atoms with Gasteiger partial charge in [-0.2, -0.15) is 0 Å². The lowest BCUT2D eigenvalue weighted by Crippen LogP contribution is -1.85. The maximum absolute atomic E-state index is 10.9. The lowest BCUT2D eigenvalue weighted by molar-refractivity contribution is -0.112. The van der Waals surface area contributed by atoms with Crippen LogP contribution in [0.4, 0.5) is 0 Å². The van der Waals surface area contributed by atoms with Crippen molar-refractivity contribution < 1.29 is 4.79 Å². The molecule has 0 saturated carbocycles. The molecule has 0 aromatic carbocycles. The smallest absolute Gasteiger partial charge is 0.152 e. The molecule has 0 saturated heterocycles. The summed E-state index contributed by atoms with van der Waals surface area (Å²) in [6.07, 6.45) is 7.13. The van der Waals surface area contributed by atoms with Crippen LogP contribution >= 0.6 is 0 Å². The predicted octanol–water partition coefficient (Wildman–Crippen LogP) is 2.18. The van der Waals surface area contributed by atoms with E-state index in [-0.39, 0.29) is 5.78 Å². The summed E-state index contributed by atoms with van der Waals surface area (Å²) >= 11 is 0. The second kappa shape index (κ2) is 3.69. The van der Waals surface area contributed by atoms with Crippen molar-refractivity contribution >= 4 is 22.9 Å². The molecule has 0 N–H and O–H groups in total. The van der Waals surface area contributed by atoms with Crippen LogP contribution in [0.3, 0.4) is 0 Å². The molecule has 0 unspecified atom stereocenters. The van der Waals surface area contributed by atoms with Crippen molar-refractivity contribution in [2.75, 3.05) is 0 Å². The van der Waals surface area contributed by atoms with Gasteiger partial charge in [-0.05, 0) is 31.2 Å². The molecule has 0 aliphatic rings. The number of nitrogens with zero attached hydrogens (tertiary/aromatic N) is 2. The zero-order valence-electron chi connectivity index (χ0n) is 8.77. The third-order valence-corrected chi connectivity index (χ3v) is 2.26. The molecule has 0 amide bonds. The number of pyridine rings is 1. The summed E-state index contributed by atoms with van der Waals surface area (Å²) in [7, 11) is 1.94. The summed E-state index contributed by atoms with van der Waals surface area (Å²) in [4.78, 5) is 15.1. The Balaban J connectivity index is 2.57. The van der Waals surface area contributed by atoms with Gasteiger partial charge in [-0.1, -0.05) is 0 Å². The monoisotopic (exact) mass is 200 g/mol. The zero-order valence-corrected chi connectivity index (χ0v) is 8.77. The highest BCUT2D eigenvalue weighted by Gasteiger charge is 2.03. The number of carbonyl (C=O) groups excluding carboxylic acids is 1. The lowest BCUT2D eigenvalue weighted by atomic mass is 10.2. The van der Waals surface area contributed by atoms with Gasteiger partial charge in [0.2, 0.25) is 0 Å². The van der Waals surface area contributed by atoms with E-state index in [1.54, 1.807) is 19.2 Å². The third-order valence-electron chi connectivity index (χ3n) is 2.26. The van der Waals surface area contributed by atoms with Crippen molar-refractivity contribution in [2.24, 2.45) is 7.05 Å². The fraction of sp³-hybridized carbons (Fsp3) is 0.167. The minimum atomic E-state index is 0.0518. The molecule has 0 atom stereocenters. The quantitative estimate of drug-likeness (QED) is 0.696. The predicted molar refractivity (Wildman–Crippen MR) is 60.4 cm³/mol. The first-order valence-electron chi connectivity index (χ1n) is 4.77. The molecule has 0 radical (unpaired) electrons. The van der Waals surface area contributed by atoms with Crippen LogP contribution in [0.2, 0.25) is 0 Å². The van der Waals surface area contributed by atoms with E-state index in [1.807, 2.05) is 36.0 Å². The normalized spacial score (nSPS) is 11.3. The average Bonchev–Trinajstić information content (AvgIpc) is 2.54. The second-order valence-corrected chi connectivity index (χ2v) is 3.51. The molecule has 2 rings (SSSR count). The molecule has 76 valence electrons. The van der Waals surface area contributed by atoms with E-state index in [9.17, 15) is 4.79 Å². The van der Waals surface area contributed by atoms with Crippen molar-refractivity contribution in [1.29, 1.82) is 0 Å². The molecular formula is C12H12N2O. The van der Waals surface area contributed by atoms with Gasteiger partial charge in [-0.3, -0.25) is 4.79 Å². The van der Waals surface area contributed by atoms with E-state index in [2.05, 4.69) is 4.98 Å². The molecule has 0 aliphatic carbocycles. The van der Waals surface area contributed by atoms with Crippen molar-refractivity contribution in [3.63, 3.8) is 0 Å². The number of carbonyl (C=O) groups is 1. The maximum Gasteiger partial charge on any atom is 0.152 e. The standard InChI is InChI=1S/C12H12N2O/c1-9(15)5-6-10-8-14(2)12-11(10)4-3-7-13-12/h3-8H,1-2H3/b6-5+. The van der Waals surface area contributed by atoms with E-state index in [0.29, 0.717) is 0 Å². The van der Waals surface area contributed by atoms with Gasteiger partial charge in [0, 0.05) is 30.4 Å². The maximum atomic E-state index is 10.9. The lowest BCUT2D eigenvalue weighted by Gasteiger charge is -1.91. The van der Waals surface area contributed by atoms with Gasteiger partial charge in [0.1, 0.15) is 5.65 Å². The van der Waals surface area contributed by atoms with Crippen LogP contribution in [0.15, 0.2) is 30.6 Å². The SMILES string of the molecule is CC(=O)/C=C/c1cn(C)c2ncccc12. The van der Waals surface area contributed by atoms with E-state index < -0.39 is 0 Å². The van der Waals surface area contributed by atoms with Gasteiger partial charge in [-0.15, -0.1) is 0 Å². The largest absolute Gasteiger partial charge is 0.335 e. The topological polar surface area (TPSA) is 34.9 Å². The Hall–Kier alpha value is -1.90. The van der Waals surface area contributed by atoms with Crippen LogP contribution in [0.25, 0.3) is 17.1 Å². The number of fused-ring (bicyclic) bond motifs is 1. The highest BCUT2D eigenvalue weighted by atomic mass is 16.1. The van der Waals surface area contributed by atoms with Crippen LogP contribution < -0.4 is 0 Å². The van der Waals surface area contributed by atoms with Gasteiger partial charge in [-0.25, -0.2) is 4.98 Å². The zero-order chi connectivity index (χ0) is 10.8. The number of allylic oxidation sites excluding steroid dienone is 1. The van der Waals surface area contributed by atoms with Crippen LogP contribution in [0.1, 0.15) is 12.5 Å². The van der Waals surface area contributed by atoms with E-state index in [1.165, 1.54) is 0 Å². The third kappa shape index (κ3) is 1.81. The van der Waals surface area contributed by atoms with Gasteiger partial charge in [0.15, 0.2) is 5.78 Å². The molecule has 2 heterocycles. The van der Waals surface area contributed by atoms with Crippen LogP contribution in [0.5, 0.6) is 0 Å². The summed E-state index contributed by atoms with van der Waals surface area (Å²) in [6.45, 7) is 1.54. The van der Waals surface area contributed by atoms with Gasteiger partial charge in [0.05, 0.1) is 0 Å². The summed E-state index contributed by atoms with van der Waals surface area (Å²) in [5.41, 5.74) is 1.96. The molecule has 3 heteroatoms. The molecule has 15 heavy (non-hydrogen) atoms. The van der Waals surface area contributed by atoms with E-state index in [4.69, 9.17) is 0 Å². The van der Waals surface area contributed by atoms with Gasteiger partial charge >= 0.3 is 0 Å². The van der Waals surface area contributed by atoms with Crippen LogP contribution in [-0.2, 0) is 11.8 Å². The molecule has 0 aliphatic heterocycles. The summed E-state index contributed by atoms with van der Waals surface area (Å²) in [6, 6.07) is 3.90. The minimum absolute atomic E-state index is 0.0518. The summed E-state index contributed by atoms with van der Waals surface area (Å²) in [5.74, 6) is 0.0518. The number of ketones is 1. The van der Waals surface area contributed by atoms with E-state index in [0.717, 1.165) is 16.6 Å². The average molecular weight is 200 g/mol. The highest BCUT2D eigenvalue weighted by Crippen LogP contribution is 2.19. The first kappa shape index (κ1) is 9.65. The molecule has 0 bridgehead atoms. The van der Waals surface area contributed by atoms with Gasteiger partial charge in [0.25, 0.3) is 0 Å². The van der Waals surface area contributed by atoms with Crippen LogP contribution in [0, 0.1) is 0 Å². The van der Waals surface area contributed by atoms with Crippen LogP contribution in [-0.4, -0.2) is 15.3 Å². The Morgan fingerprint density at radius 1 is 1.53 bits per heavy atom. The number of rotatable bonds is 2. The first-order chi connectivity index (χ1) is 7.18. The molecule has 2 aromatic heterocycles. The number of aromatic nitrogens is 2. The number of hydrogen-bond acceptors (Lipinski definition) is 2. The fourth-order valence-corrected chi connectivity index (χ4v) is 1.58. The fourth-order valence-electron chi connectivity index (χ4n) is 1.58. The summed E-state index contributed by atoms with van der Waals surface area (Å²) < 4.78 is 1.95. The van der Waals surface area contributed by atoms with Crippen molar-refractivity contribution in [2.45, 2.75) is 6.92 Å². The van der Waals surface area contributed by atoms with E-state index >= 15 is 0 Å². The Bertz CT molecular complexity index is 538. The first-order valence-corrected chi connectivity index (χ1v) is 4.77. The number of aryl methyl sites for hydroxylation is 1. The Kier molecular flexibility index (Phi) is 2.37.